The van der Waals surface area contributed by atoms with Crippen LogP contribution in [0.4, 0.5) is 5.82 Å². The molecule has 0 aliphatic heterocycles. The number of anilines is 1. The lowest BCUT2D eigenvalue weighted by Crippen LogP contribution is -2.32. The number of nitrogens with one attached hydrogen (secondary N) is 2. The SMILES string of the molecule is CC[C@@H](NC(=S)Nc1cccc(C)n1)c1ccc(OC)c(OC)c1. The molecule has 0 aliphatic rings. The van der Waals surface area contributed by atoms with E-state index in [0.717, 1.165) is 23.5 Å². The van der Waals surface area contributed by atoms with Gasteiger partial charge in [0.1, 0.15) is 5.82 Å². The Kier molecular flexibility index (Phi) is 6.37. The average Bonchev–Trinajstić information content (AvgIpc) is 2.59. The molecular formula is C18H23N3O2S. The lowest BCUT2D eigenvalue weighted by Gasteiger charge is -2.21. The minimum Gasteiger partial charge on any atom is -0.493 e. The fourth-order valence-corrected chi connectivity index (χ4v) is 2.66. The third-order valence-electron chi connectivity index (χ3n) is 3.65. The van der Waals surface area contributed by atoms with E-state index in [0.29, 0.717) is 16.6 Å². The lowest BCUT2D eigenvalue weighted by molar-refractivity contribution is 0.354. The number of pyridine rings is 1. The van der Waals surface area contributed by atoms with Gasteiger partial charge >= 0.3 is 0 Å². The van der Waals surface area contributed by atoms with E-state index < -0.39 is 0 Å². The molecule has 2 rings (SSSR count). The molecule has 0 amide bonds. The Labute approximate surface area is 148 Å². The van der Waals surface area contributed by atoms with E-state index in [9.17, 15) is 0 Å². The third kappa shape index (κ3) is 4.58. The van der Waals surface area contributed by atoms with Crippen LogP contribution in [0.25, 0.3) is 0 Å². The fraction of sp³-hybridized carbons (Fsp3) is 0.333. The van der Waals surface area contributed by atoms with Crippen molar-refractivity contribution in [3.05, 3.63) is 47.7 Å². The van der Waals surface area contributed by atoms with E-state index in [2.05, 4.69) is 22.5 Å². The standard InChI is InChI=1S/C18H23N3O2S/c1-5-14(13-9-10-15(22-3)16(11-13)23-4)20-18(24)21-17-8-6-7-12(2)19-17/h6-11,14H,5H2,1-4H3,(H2,19,20,21,24)/t14-/m1/s1. The van der Waals surface area contributed by atoms with Gasteiger partial charge in [-0.1, -0.05) is 19.1 Å². The molecule has 5 nitrogen and oxygen atoms in total. The number of nitrogens with zero attached hydrogens (tertiary/aromatic N) is 1. The maximum Gasteiger partial charge on any atom is 0.172 e. The molecule has 128 valence electrons. The summed E-state index contributed by atoms with van der Waals surface area (Å²) in [5.74, 6) is 2.14. The van der Waals surface area contributed by atoms with E-state index >= 15 is 0 Å². The molecule has 1 atom stereocenters. The first-order valence-electron chi connectivity index (χ1n) is 7.80. The summed E-state index contributed by atoms with van der Waals surface area (Å²) in [4.78, 5) is 4.39. The molecule has 6 heteroatoms. The van der Waals surface area contributed by atoms with Gasteiger partial charge in [0.15, 0.2) is 16.6 Å². The molecule has 0 fully saturated rings. The molecule has 1 aromatic carbocycles. The highest BCUT2D eigenvalue weighted by Gasteiger charge is 2.14. The monoisotopic (exact) mass is 345 g/mol. The summed E-state index contributed by atoms with van der Waals surface area (Å²) >= 11 is 5.41. The van der Waals surface area contributed by atoms with Crippen LogP contribution in [-0.4, -0.2) is 24.3 Å². The van der Waals surface area contributed by atoms with E-state index in [1.807, 2.05) is 43.3 Å². The van der Waals surface area contributed by atoms with Crippen molar-refractivity contribution in [1.82, 2.24) is 10.3 Å². The van der Waals surface area contributed by atoms with Crippen molar-refractivity contribution in [2.24, 2.45) is 0 Å². The van der Waals surface area contributed by atoms with Crippen molar-refractivity contribution in [3.63, 3.8) is 0 Å². The van der Waals surface area contributed by atoms with Gasteiger partial charge in [-0.05, 0) is 55.4 Å². The zero-order valence-electron chi connectivity index (χ0n) is 14.4. The van der Waals surface area contributed by atoms with Gasteiger partial charge in [-0.3, -0.25) is 0 Å². The van der Waals surface area contributed by atoms with Crippen LogP contribution < -0.4 is 20.1 Å². The van der Waals surface area contributed by atoms with Gasteiger partial charge in [-0.2, -0.15) is 0 Å². The second-order valence-corrected chi connectivity index (χ2v) is 5.75. The summed E-state index contributed by atoms with van der Waals surface area (Å²) in [5, 5.41) is 6.98. The number of aromatic nitrogens is 1. The highest BCUT2D eigenvalue weighted by Crippen LogP contribution is 2.30. The Bertz CT molecular complexity index is 706. The summed E-state index contributed by atoms with van der Waals surface area (Å²) < 4.78 is 10.7. The fourth-order valence-electron chi connectivity index (χ4n) is 2.41. The molecular weight excluding hydrogens is 322 g/mol. The Morgan fingerprint density at radius 1 is 1.17 bits per heavy atom. The van der Waals surface area contributed by atoms with E-state index in [4.69, 9.17) is 21.7 Å². The van der Waals surface area contributed by atoms with Gasteiger partial charge in [0.25, 0.3) is 0 Å². The minimum absolute atomic E-state index is 0.0645. The molecule has 0 spiro atoms. The Morgan fingerprint density at radius 3 is 2.54 bits per heavy atom. The first-order chi connectivity index (χ1) is 11.6. The molecule has 0 unspecified atom stereocenters. The lowest BCUT2D eigenvalue weighted by atomic mass is 10.0. The third-order valence-corrected chi connectivity index (χ3v) is 3.87. The maximum atomic E-state index is 5.41. The van der Waals surface area contributed by atoms with Gasteiger partial charge in [0, 0.05) is 5.69 Å². The molecule has 0 saturated carbocycles. The quantitative estimate of drug-likeness (QED) is 0.776. The zero-order valence-corrected chi connectivity index (χ0v) is 15.2. The number of methoxy groups -OCH3 is 2. The van der Waals surface area contributed by atoms with Crippen molar-refractivity contribution in [2.75, 3.05) is 19.5 Å². The zero-order chi connectivity index (χ0) is 17.5. The summed E-state index contributed by atoms with van der Waals surface area (Å²) in [6.07, 6.45) is 0.874. The Balaban J connectivity index is 2.09. The van der Waals surface area contributed by atoms with Crippen molar-refractivity contribution in [3.8, 4) is 11.5 Å². The van der Waals surface area contributed by atoms with Gasteiger partial charge < -0.3 is 20.1 Å². The van der Waals surface area contributed by atoms with E-state index in [-0.39, 0.29) is 6.04 Å². The predicted molar refractivity (Wildman–Crippen MR) is 101 cm³/mol. The van der Waals surface area contributed by atoms with Crippen molar-refractivity contribution >= 4 is 23.1 Å². The summed E-state index contributed by atoms with van der Waals surface area (Å²) in [6.45, 7) is 4.04. The van der Waals surface area contributed by atoms with Gasteiger partial charge in [0.2, 0.25) is 0 Å². The highest BCUT2D eigenvalue weighted by atomic mass is 32.1. The number of thiocarbonyl (C=S) groups is 1. The van der Waals surface area contributed by atoms with Gasteiger partial charge in [0.05, 0.1) is 20.3 Å². The smallest absolute Gasteiger partial charge is 0.172 e. The molecule has 1 heterocycles. The predicted octanol–water partition coefficient (Wildman–Crippen LogP) is 3.84. The maximum absolute atomic E-state index is 5.41. The van der Waals surface area contributed by atoms with E-state index in [1.165, 1.54) is 0 Å². The van der Waals surface area contributed by atoms with Crippen LogP contribution in [0.5, 0.6) is 11.5 Å². The number of hydrogen-bond donors (Lipinski definition) is 2. The highest BCUT2D eigenvalue weighted by molar-refractivity contribution is 7.80. The largest absolute Gasteiger partial charge is 0.493 e. The van der Waals surface area contributed by atoms with Crippen LogP contribution in [0.2, 0.25) is 0 Å². The molecule has 24 heavy (non-hydrogen) atoms. The molecule has 0 bridgehead atoms. The Morgan fingerprint density at radius 2 is 1.92 bits per heavy atom. The molecule has 2 aromatic rings. The number of ether oxygens (including phenoxy) is 2. The van der Waals surface area contributed by atoms with Crippen LogP contribution in [0.3, 0.4) is 0 Å². The van der Waals surface area contributed by atoms with Crippen LogP contribution in [0.1, 0.15) is 30.6 Å². The van der Waals surface area contributed by atoms with Crippen LogP contribution in [0, 0.1) is 6.92 Å². The van der Waals surface area contributed by atoms with Crippen LogP contribution in [-0.2, 0) is 0 Å². The molecule has 1 aromatic heterocycles. The first kappa shape index (κ1) is 18.0. The summed E-state index contributed by atoms with van der Waals surface area (Å²) in [6, 6.07) is 11.7. The topological polar surface area (TPSA) is 55.4 Å². The molecule has 0 saturated heterocycles. The summed E-state index contributed by atoms with van der Waals surface area (Å²) in [7, 11) is 3.26. The van der Waals surface area contributed by atoms with Gasteiger partial charge in [-0.15, -0.1) is 0 Å². The normalized spacial score (nSPS) is 11.5. The van der Waals surface area contributed by atoms with Crippen LogP contribution >= 0.6 is 12.2 Å². The number of benzene rings is 1. The van der Waals surface area contributed by atoms with Crippen LogP contribution in [0.15, 0.2) is 36.4 Å². The second-order valence-electron chi connectivity index (χ2n) is 5.34. The molecule has 0 aliphatic carbocycles. The number of rotatable bonds is 6. The van der Waals surface area contributed by atoms with Crippen molar-refractivity contribution in [2.45, 2.75) is 26.3 Å². The number of hydrogen-bond acceptors (Lipinski definition) is 4. The van der Waals surface area contributed by atoms with Gasteiger partial charge in [-0.25, -0.2) is 4.98 Å². The Hall–Kier alpha value is -2.34. The van der Waals surface area contributed by atoms with E-state index in [1.54, 1.807) is 14.2 Å². The van der Waals surface area contributed by atoms with Crippen molar-refractivity contribution < 1.29 is 9.47 Å². The first-order valence-corrected chi connectivity index (χ1v) is 8.21. The second kappa shape index (κ2) is 8.49. The van der Waals surface area contributed by atoms with Crippen molar-refractivity contribution in [1.29, 1.82) is 0 Å². The minimum atomic E-state index is 0.0645. The summed E-state index contributed by atoms with van der Waals surface area (Å²) in [5.41, 5.74) is 2.02. The molecule has 2 N–H and O–H groups in total. The average molecular weight is 345 g/mol. The molecule has 0 radical (unpaired) electrons. The number of aryl methyl sites for hydroxylation is 1.